The Kier molecular flexibility index (Phi) is 7.36. The van der Waals surface area contributed by atoms with Gasteiger partial charge in [0.05, 0.1) is 27.6 Å². The highest BCUT2D eigenvalue weighted by atomic mass is 35.5. The van der Waals surface area contributed by atoms with Gasteiger partial charge in [-0.15, -0.1) is 0 Å². The first-order chi connectivity index (χ1) is 12.0. The van der Waals surface area contributed by atoms with E-state index >= 15 is 0 Å². The number of hydrogen-bond donors (Lipinski definition) is 3. The molecule has 0 aromatic heterocycles. The molecule has 0 amide bonds. The molecule has 25 heavy (non-hydrogen) atoms. The van der Waals surface area contributed by atoms with Gasteiger partial charge in [0, 0.05) is 17.5 Å². The van der Waals surface area contributed by atoms with Gasteiger partial charge in [-0.25, -0.2) is 0 Å². The average molecular weight is 383 g/mol. The molecule has 0 aliphatic heterocycles. The Bertz CT molecular complexity index is 658. The van der Waals surface area contributed by atoms with Crippen LogP contribution in [0.4, 0.5) is 0 Å². The molecular formula is C19H24Cl2N2O2. The van der Waals surface area contributed by atoms with Gasteiger partial charge in [0.2, 0.25) is 0 Å². The first kappa shape index (κ1) is 19.8. The van der Waals surface area contributed by atoms with Crippen molar-refractivity contribution in [1.29, 1.82) is 5.41 Å². The molecule has 1 aliphatic rings. The van der Waals surface area contributed by atoms with Gasteiger partial charge >= 0.3 is 0 Å². The zero-order valence-corrected chi connectivity index (χ0v) is 16.0. The van der Waals surface area contributed by atoms with Gasteiger partial charge in [-0.3, -0.25) is 5.41 Å². The summed E-state index contributed by atoms with van der Waals surface area (Å²) in [5.41, 5.74) is 0.955. The molecule has 0 bridgehead atoms. The minimum Gasteiger partial charge on any atom is -0.512 e. The molecule has 1 aromatic carbocycles. The van der Waals surface area contributed by atoms with E-state index in [1.54, 1.807) is 24.5 Å². The van der Waals surface area contributed by atoms with Gasteiger partial charge in [0.1, 0.15) is 12.4 Å². The molecule has 1 saturated carbocycles. The fourth-order valence-corrected chi connectivity index (χ4v) is 3.07. The number of hydrogen-bond acceptors (Lipinski definition) is 4. The van der Waals surface area contributed by atoms with Gasteiger partial charge in [0.15, 0.2) is 0 Å². The zero-order valence-electron chi connectivity index (χ0n) is 14.5. The predicted molar refractivity (Wildman–Crippen MR) is 104 cm³/mol. The second-order valence-corrected chi connectivity index (χ2v) is 6.87. The summed E-state index contributed by atoms with van der Waals surface area (Å²) in [4.78, 5) is 0. The van der Waals surface area contributed by atoms with Crippen molar-refractivity contribution in [2.24, 2.45) is 5.92 Å². The molecule has 0 unspecified atom stereocenters. The van der Waals surface area contributed by atoms with Crippen LogP contribution in [0.5, 0.6) is 0 Å². The summed E-state index contributed by atoms with van der Waals surface area (Å²) in [6.07, 6.45) is 6.31. The highest BCUT2D eigenvalue weighted by Gasteiger charge is 2.30. The molecule has 1 aromatic rings. The normalized spacial score (nSPS) is 16.6. The van der Waals surface area contributed by atoms with E-state index < -0.39 is 0 Å². The third-order valence-electron chi connectivity index (χ3n) is 4.23. The van der Waals surface area contributed by atoms with Crippen LogP contribution in [0.2, 0.25) is 10.0 Å². The summed E-state index contributed by atoms with van der Waals surface area (Å²) >= 11 is 12.4. The first-order valence-corrected chi connectivity index (χ1v) is 9.16. The van der Waals surface area contributed by atoms with Crippen LogP contribution < -0.4 is 5.32 Å². The summed E-state index contributed by atoms with van der Waals surface area (Å²) < 4.78 is 5.59. The van der Waals surface area contributed by atoms with E-state index in [9.17, 15) is 5.11 Å². The van der Waals surface area contributed by atoms with E-state index in [1.165, 1.54) is 0 Å². The molecule has 3 N–H and O–H groups in total. The molecule has 0 radical (unpaired) electrons. The lowest BCUT2D eigenvalue weighted by Crippen LogP contribution is -2.21. The number of benzene rings is 1. The highest BCUT2D eigenvalue weighted by Crippen LogP contribution is 2.38. The van der Waals surface area contributed by atoms with Crippen molar-refractivity contribution in [1.82, 2.24) is 5.32 Å². The van der Waals surface area contributed by atoms with Gasteiger partial charge < -0.3 is 15.2 Å². The van der Waals surface area contributed by atoms with Crippen molar-refractivity contribution in [3.05, 3.63) is 57.5 Å². The van der Waals surface area contributed by atoms with Crippen LogP contribution in [0.1, 0.15) is 31.7 Å². The van der Waals surface area contributed by atoms with Crippen LogP contribution in [0, 0.1) is 11.3 Å². The van der Waals surface area contributed by atoms with Gasteiger partial charge in [-0.05, 0) is 44.5 Å². The van der Waals surface area contributed by atoms with E-state index in [-0.39, 0.29) is 30.0 Å². The monoisotopic (exact) mass is 382 g/mol. The van der Waals surface area contributed by atoms with Crippen molar-refractivity contribution in [2.75, 3.05) is 13.7 Å². The van der Waals surface area contributed by atoms with Gasteiger partial charge in [-0.1, -0.05) is 36.2 Å². The summed E-state index contributed by atoms with van der Waals surface area (Å²) in [7, 11) is 1.89. The summed E-state index contributed by atoms with van der Waals surface area (Å²) in [6.45, 7) is 2.17. The second-order valence-electron chi connectivity index (χ2n) is 6.05. The van der Waals surface area contributed by atoms with Crippen LogP contribution in [0.3, 0.4) is 0 Å². The van der Waals surface area contributed by atoms with E-state index in [0.717, 1.165) is 19.3 Å². The Morgan fingerprint density at radius 1 is 1.40 bits per heavy atom. The molecule has 6 heteroatoms. The van der Waals surface area contributed by atoms with Crippen LogP contribution in [-0.2, 0) is 4.74 Å². The fourth-order valence-electron chi connectivity index (χ4n) is 2.48. The molecule has 136 valence electrons. The SMILES string of the molecule is CC[C@@H](/C=C/OC/C(C(=N)c1c(Cl)cccc1Cl)=C(/O)C1CC1)NC. The molecular weight excluding hydrogens is 359 g/mol. The summed E-state index contributed by atoms with van der Waals surface area (Å²) in [5, 5.41) is 22.9. The molecule has 4 nitrogen and oxygen atoms in total. The Morgan fingerprint density at radius 3 is 2.56 bits per heavy atom. The zero-order chi connectivity index (χ0) is 18.4. The van der Waals surface area contributed by atoms with Crippen LogP contribution in [0.15, 0.2) is 41.9 Å². The predicted octanol–water partition coefficient (Wildman–Crippen LogP) is 5.11. The van der Waals surface area contributed by atoms with Crippen LogP contribution >= 0.6 is 23.2 Å². The molecule has 0 heterocycles. The fraction of sp³-hybridized carbons (Fsp3) is 0.421. The van der Waals surface area contributed by atoms with Crippen molar-refractivity contribution < 1.29 is 9.84 Å². The molecule has 2 rings (SSSR count). The van der Waals surface area contributed by atoms with Crippen LogP contribution in [-0.4, -0.2) is 30.5 Å². The van der Waals surface area contributed by atoms with Crippen molar-refractivity contribution in [3.63, 3.8) is 0 Å². The lowest BCUT2D eigenvalue weighted by molar-refractivity contribution is 0.271. The minimum absolute atomic E-state index is 0.0966. The van der Waals surface area contributed by atoms with E-state index in [1.807, 2.05) is 13.1 Å². The average Bonchev–Trinajstić information content (AvgIpc) is 3.42. The van der Waals surface area contributed by atoms with E-state index in [2.05, 4.69) is 12.2 Å². The van der Waals surface area contributed by atoms with Crippen molar-refractivity contribution in [2.45, 2.75) is 32.2 Å². The quantitative estimate of drug-likeness (QED) is 0.410. The Balaban J connectivity index is 2.20. The topological polar surface area (TPSA) is 65.3 Å². The number of aliphatic hydroxyl groups excluding tert-OH is 1. The van der Waals surface area contributed by atoms with Crippen molar-refractivity contribution >= 4 is 28.9 Å². The Morgan fingerprint density at radius 2 is 2.04 bits per heavy atom. The smallest absolute Gasteiger partial charge is 0.118 e. The largest absolute Gasteiger partial charge is 0.512 e. The number of ether oxygens (including phenoxy) is 1. The highest BCUT2D eigenvalue weighted by molar-refractivity contribution is 6.41. The third-order valence-corrected chi connectivity index (χ3v) is 4.86. The lowest BCUT2D eigenvalue weighted by Gasteiger charge is -2.15. The standard InChI is InChI=1S/C19H24Cl2N2O2/c1-3-13(23-2)9-10-25-11-14(19(24)12-7-8-12)18(22)17-15(20)5-4-6-16(17)21/h4-6,9-10,12-13,22-24H,3,7-8,11H2,1-2H3/b10-9+,19-14-,22-18?/t13-/m0/s1. The summed E-state index contributed by atoms with van der Waals surface area (Å²) in [5.74, 6) is 0.305. The van der Waals surface area contributed by atoms with Crippen LogP contribution in [0.25, 0.3) is 0 Å². The molecule has 1 fully saturated rings. The Hall–Kier alpha value is -1.49. The minimum atomic E-state index is 0.0966. The Labute approximate surface area is 159 Å². The van der Waals surface area contributed by atoms with E-state index in [0.29, 0.717) is 21.2 Å². The number of allylic oxidation sites excluding steroid dienone is 1. The molecule has 0 spiro atoms. The molecule has 0 saturated heterocycles. The van der Waals surface area contributed by atoms with Crippen molar-refractivity contribution in [3.8, 4) is 0 Å². The molecule has 1 atom stereocenters. The lowest BCUT2D eigenvalue weighted by atomic mass is 10.00. The third kappa shape index (κ3) is 5.24. The van der Waals surface area contributed by atoms with Gasteiger partial charge in [-0.2, -0.15) is 0 Å². The second kappa shape index (κ2) is 9.27. The van der Waals surface area contributed by atoms with Gasteiger partial charge in [0.25, 0.3) is 0 Å². The number of aliphatic hydroxyl groups is 1. The first-order valence-electron chi connectivity index (χ1n) is 8.40. The number of likely N-dealkylation sites (N-methyl/N-ethyl adjacent to an activating group) is 1. The maximum Gasteiger partial charge on any atom is 0.118 e. The maximum absolute atomic E-state index is 10.5. The number of halogens is 2. The number of nitrogens with one attached hydrogen (secondary N) is 2. The van der Waals surface area contributed by atoms with E-state index in [4.69, 9.17) is 33.3 Å². The summed E-state index contributed by atoms with van der Waals surface area (Å²) in [6, 6.07) is 5.32. The maximum atomic E-state index is 10.5. The number of rotatable bonds is 9. The molecule has 1 aliphatic carbocycles.